The van der Waals surface area contributed by atoms with E-state index in [1.54, 1.807) is 0 Å². The van der Waals surface area contributed by atoms with Gasteiger partial charge in [-0.2, -0.15) is 4.39 Å². The van der Waals surface area contributed by atoms with Crippen molar-refractivity contribution < 1.29 is 27.0 Å². The van der Waals surface area contributed by atoms with Crippen molar-refractivity contribution in [3.05, 3.63) is 65.2 Å². The standard InChI is InChI=1S/C23H24F4O2/c1-3-5-14-6-10-18(29-13-14)17-8-7-15(20(24)22(17)26)16-9-11-19(28-12-4-2)23(27)21(16)25/h3,5,7-9,11,14,18H,4,6,10,12-13H2,1-2H3/t14?,18-/m0/s1. The van der Waals surface area contributed by atoms with E-state index in [4.69, 9.17) is 9.47 Å². The lowest BCUT2D eigenvalue weighted by atomic mass is 9.92. The first kappa shape index (κ1) is 21.4. The van der Waals surface area contributed by atoms with E-state index in [0.717, 1.165) is 6.42 Å². The van der Waals surface area contributed by atoms with Crippen molar-refractivity contribution >= 4 is 0 Å². The predicted octanol–water partition coefficient (Wildman–Crippen LogP) is 6.74. The molecule has 1 unspecified atom stereocenters. The molecule has 1 aliphatic rings. The summed E-state index contributed by atoms with van der Waals surface area (Å²) >= 11 is 0. The van der Waals surface area contributed by atoms with Gasteiger partial charge < -0.3 is 9.47 Å². The molecule has 156 valence electrons. The second-order valence-corrected chi connectivity index (χ2v) is 7.10. The van der Waals surface area contributed by atoms with E-state index in [0.29, 0.717) is 19.4 Å². The lowest BCUT2D eigenvalue weighted by Crippen LogP contribution is -2.20. The van der Waals surface area contributed by atoms with Crippen LogP contribution in [-0.2, 0) is 4.74 Å². The molecule has 1 aliphatic heterocycles. The van der Waals surface area contributed by atoms with E-state index in [2.05, 4.69) is 0 Å². The third-order valence-electron chi connectivity index (χ3n) is 5.03. The molecule has 2 atom stereocenters. The fourth-order valence-electron chi connectivity index (χ4n) is 3.53. The monoisotopic (exact) mass is 408 g/mol. The van der Waals surface area contributed by atoms with E-state index in [9.17, 15) is 17.6 Å². The maximum atomic E-state index is 14.8. The average Bonchev–Trinajstić information content (AvgIpc) is 2.73. The number of ether oxygens (including phenoxy) is 2. The van der Waals surface area contributed by atoms with Crippen molar-refractivity contribution in [1.82, 2.24) is 0 Å². The summed E-state index contributed by atoms with van der Waals surface area (Å²) < 4.78 is 69.0. The van der Waals surface area contributed by atoms with Crippen LogP contribution in [0.2, 0.25) is 0 Å². The molecule has 0 saturated carbocycles. The Morgan fingerprint density at radius 1 is 0.966 bits per heavy atom. The zero-order valence-electron chi connectivity index (χ0n) is 16.5. The summed E-state index contributed by atoms with van der Waals surface area (Å²) in [4.78, 5) is 0. The summed E-state index contributed by atoms with van der Waals surface area (Å²) in [5.41, 5.74) is -0.603. The number of benzene rings is 2. The smallest absolute Gasteiger partial charge is 0.201 e. The molecule has 3 rings (SSSR count). The highest BCUT2D eigenvalue weighted by atomic mass is 19.2. The van der Waals surface area contributed by atoms with E-state index in [1.807, 2.05) is 26.0 Å². The number of hydrogen-bond donors (Lipinski definition) is 0. The topological polar surface area (TPSA) is 18.5 Å². The van der Waals surface area contributed by atoms with Crippen molar-refractivity contribution in [3.63, 3.8) is 0 Å². The highest BCUT2D eigenvalue weighted by molar-refractivity contribution is 5.66. The van der Waals surface area contributed by atoms with Crippen molar-refractivity contribution in [2.24, 2.45) is 5.92 Å². The number of halogens is 4. The van der Waals surface area contributed by atoms with Crippen LogP contribution in [-0.4, -0.2) is 13.2 Å². The summed E-state index contributed by atoms with van der Waals surface area (Å²) in [7, 11) is 0. The van der Waals surface area contributed by atoms with E-state index in [-0.39, 0.29) is 35.0 Å². The Hall–Kier alpha value is -2.34. The van der Waals surface area contributed by atoms with E-state index >= 15 is 0 Å². The van der Waals surface area contributed by atoms with Crippen LogP contribution in [0.25, 0.3) is 11.1 Å². The maximum absolute atomic E-state index is 14.8. The SMILES string of the molecule is CC=CC1CC[C@@H](c2ccc(-c3ccc(OCCC)c(F)c3F)c(F)c2F)OC1. The van der Waals surface area contributed by atoms with Gasteiger partial charge in [-0.3, -0.25) is 0 Å². The Labute approximate surface area is 168 Å². The summed E-state index contributed by atoms with van der Waals surface area (Å²) in [6, 6.07) is 5.06. The van der Waals surface area contributed by atoms with Crippen molar-refractivity contribution in [2.45, 2.75) is 39.2 Å². The third kappa shape index (κ3) is 4.47. The van der Waals surface area contributed by atoms with Crippen molar-refractivity contribution in [3.8, 4) is 16.9 Å². The van der Waals surface area contributed by atoms with Crippen LogP contribution in [0, 0.1) is 29.2 Å². The highest BCUT2D eigenvalue weighted by Crippen LogP contribution is 2.37. The lowest BCUT2D eigenvalue weighted by Gasteiger charge is -2.28. The molecule has 0 spiro atoms. The number of hydrogen-bond acceptors (Lipinski definition) is 2. The molecular formula is C23H24F4O2. The van der Waals surface area contributed by atoms with Crippen LogP contribution < -0.4 is 4.74 Å². The Morgan fingerprint density at radius 2 is 1.66 bits per heavy atom. The van der Waals surface area contributed by atoms with Gasteiger partial charge in [-0.15, -0.1) is 0 Å². The maximum Gasteiger partial charge on any atom is 0.201 e. The first-order valence-corrected chi connectivity index (χ1v) is 9.81. The van der Waals surface area contributed by atoms with Gasteiger partial charge in [0.1, 0.15) is 0 Å². The van der Waals surface area contributed by atoms with Crippen LogP contribution in [0.1, 0.15) is 44.8 Å². The highest BCUT2D eigenvalue weighted by Gasteiger charge is 2.27. The van der Waals surface area contributed by atoms with Gasteiger partial charge in [0.2, 0.25) is 5.82 Å². The number of rotatable bonds is 6. The van der Waals surface area contributed by atoms with E-state index in [1.165, 1.54) is 24.3 Å². The first-order chi connectivity index (χ1) is 14.0. The van der Waals surface area contributed by atoms with Crippen LogP contribution in [0.15, 0.2) is 36.4 Å². The molecule has 1 heterocycles. The Kier molecular flexibility index (Phi) is 6.96. The Morgan fingerprint density at radius 3 is 2.28 bits per heavy atom. The van der Waals surface area contributed by atoms with Crippen molar-refractivity contribution in [1.29, 1.82) is 0 Å². The zero-order valence-corrected chi connectivity index (χ0v) is 16.5. The second-order valence-electron chi connectivity index (χ2n) is 7.10. The van der Waals surface area contributed by atoms with Gasteiger partial charge in [0.15, 0.2) is 23.2 Å². The fourth-order valence-corrected chi connectivity index (χ4v) is 3.53. The lowest BCUT2D eigenvalue weighted by molar-refractivity contribution is -0.00743. The van der Waals surface area contributed by atoms with Gasteiger partial charge in [0.05, 0.1) is 19.3 Å². The molecule has 0 amide bonds. The predicted molar refractivity (Wildman–Crippen MR) is 104 cm³/mol. The van der Waals surface area contributed by atoms with Gasteiger partial charge in [-0.25, -0.2) is 13.2 Å². The summed E-state index contributed by atoms with van der Waals surface area (Å²) in [6.45, 7) is 4.41. The fraction of sp³-hybridized carbons (Fsp3) is 0.391. The van der Waals surface area contributed by atoms with Crippen molar-refractivity contribution in [2.75, 3.05) is 13.2 Å². The molecule has 0 aromatic heterocycles. The molecule has 1 saturated heterocycles. The summed E-state index contributed by atoms with van der Waals surface area (Å²) in [6.07, 6.45) is 5.39. The molecule has 2 aromatic rings. The molecule has 6 heteroatoms. The largest absolute Gasteiger partial charge is 0.490 e. The third-order valence-corrected chi connectivity index (χ3v) is 5.03. The average molecular weight is 408 g/mol. The van der Waals surface area contributed by atoms with Crippen LogP contribution in [0.3, 0.4) is 0 Å². The molecule has 2 aromatic carbocycles. The minimum atomic E-state index is -1.27. The van der Waals surface area contributed by atoms with Crippen LogP contribution in [0.5, 0.6) is 5.75 Å². The summed E-state index contributed by atoms with van der Waals surface area (Å²) in [5, 5.41) is 0. The van der Waals surface area contributed by atoms with Gasteiger partial charge in [-0.1, -0.05) is 31.2 Å². The molecule has 0 aliphatic carbocycles. The van der Waals surface area contributed by atoms with Gasteiger partial charge in [0.25, 0.3) is 0 Å². The van der Waals surface area contributed by atoms with E-state index < -0.39 is 29.4 Å². The zero-order chi connectivity index (χ0) is 21.0. The minimum Gasteiger partial charge on any atom is -0.490 e. The van der Waals surface area contributed by atoms with Crippen LogP contribution >= 0.6 is 0 Å². The molecule has 0 bridgehead atoms. The minimum absolute atomic E-state index is 0.0916. The number of allylic oxidation sites excluding steroid dienone is 1. The molecule has 1 fully saturated rings. The van der Waals surface area contributed by atoms with Gasteiger partial charge >= 0.3 is 0 Å². The molecular weight excluding hydrogens is 384 g/mol. The summed E-state index contributed by atoms with van der Waals surface area (Å²) in [5.74, 6) is -4.80. The quantitative estimate of drug-likeness (QED) is 0.389. The van der Waals surface area contributed by atoms with Crippen LogP contribution in [0.4, 0.5) is 17.6 Å². The Balaban J connectivity index is 1.88. The Bertz CT molecular complexity index is 887. The molecule has 29 heavy (non-hydrogen) atoms. The molecule has 0 radical (unpaired) electrons. The molecule has 2 nitrogen and oxygen atoms in total. The molecule has 0 N–H and O–H groups in total. The normalized spacial score (nSPS) is 19.7. The van der Waals surface area contributed by atoms with Gasteiger partial charge in [0, 0.05) is 22.6 Å². The van der Waals surface area contributed by atoms with Gasteiger partial charge in [-0.05, 0) is 38.3 Å². The second kappa shape index (κ2) is 9.44. The first-order valence-electron chi connectivity index (χ1n) is 9.81.